The summed E-state index contributed by atoms with van der Waals surface area (Å²) in [5, 5.41) is 21.6. The van der Waals surface area contributed by atoms with E-state index in [-0.39, 0.29) is 24.0 Å². The molecule has 1 atom stereocenters. The van der Waals surface area contributed by atoms with Crippen molar-refractivity contribution in [3.8, 4) is 11.5 Å². The number of pyridine rings is 1. The number of nitrogens with zero attached hydrogens (tertiary/aromatic N) is 4. The van der Waals surface area contributed by atoms with Gasteiger partial charge in [0.25, 0.3) is 5.89 Å². The Balaban J connectivity index is 1.23. The lowest BCUT2D eigenvalue weighted by molar-refractivity contribution is 0.00954. The zero-order valence-electron chi connectivity index (χ0n) is 23.8. The molecule has 0 saturated carbocycles. The summed E-state index contributed by atoms with van der Waals surface area (Å²) in [7, 11) is 0. The van der Waals surface area contributed by atoms with Gasteiger partial charge in [-0.1, -0.05) is 35.5 Å². The van der Waals surface area contributed by atoms with Crippen LogP contribution in [0.3, 0.4) is 0 Å². The van der Waals surface area contributed by atoms with E-state index in [1.54, 1.807) is 12.3 Å². The Morgan fingerprint density at radius 3 is 2.52 bits per heavy atom. The van der Waals surface area contributed by atoms with E-state index in [1.165, 1.54) is 0 Å². The van der Waals surface area contributed by atoms with Crippen molar-refractivity contribution in [2.45, 2.75) is 50.2 Å². The zero-order chi connectivity index (χ0) is 28.9. The van der Waals surface area contributed by atoms with Crippen LogP contribution in [0.4, 0.5) is 17.2 Å². The van der Waals surface area contributed by atoms with Crippen LogP contribution in [-0.2, 0) is 15.8 Å². The van der Waals surface area contributed by atoms with Crippen LogP contribution in [0.5, 0.6) is 0 Å². The lowest BCUT2D eigenvalue weighted by Gasteiger charge is -2.46. The fraction of sp³-hybridized carbons (Fsp3) is 0.375. The van der Waals surface area contributed by atoms with Gasteiger partial charge in [0.2, 0.25) is 0 Å². The first kappa shape index (κ1) is 26.6. The molecule has 1 unspecified atom stereocenters. The van der Waals surface area contributed by atoms with Crippen molar-refractivity contribution in [1.82, 2.24) is 20.0 Å². The van der Waals surface area contributed by atoms with E-state index in [9.17, 15) is 9.90 Å². The Morgan fingerprint density at radius 1 is 1.02 bits per heavy atom. The SMILES string of the molecule is CC1(C)OC(=O)c2ccc(Nc3cc(NC(CO)c4ccccc4)c(-c4nc(C56CCN(CC5)CC6)no4)cn3)cc21. The summed E-state index contributed by atoms with van der Waals surface area (Å²) in [5.74, 6) is 1.42. The molecule has 0 aliphatic carbocycles. The Kier molecular flexibility index (Phi) is 6.47. The van der Waals surface area contributed by atoms with Crippen molar-refractivity contribution in [3.05, 3.63) is 83.3 Å². The number of aromatic nitrogens is 3. The largest absolute Gasteiger partial charge is 0.451 e. The monoisotopic (exact) mass is 566 g/mol. The number of hydrogen-bond donors (Lipinski definition) is 3. The third kappa shape index (κ3) is 4.70. The highest BCUT2D eigenvalue weighted by Gasteiger charge is 2.44. The number of rotatable bonds is 8. The van der Waals surface area contributed by atoms with Gasteiger partial charge in [-0.25, -0.2) is 9.78 Å². The molecular formula is C32H34N6O4. The summed E-state index contributed by atoms with van der Waals surface area (Å²) in [6.07, 6.45) is 4.82. The van der Waals surface area contributed by atoms with Crippen molar-refractivity contribution in [3.63, 3.8) is 0 Å². The second kappa shape index (κ2) is 10.2. The normalized spacial score (nSPS) is 22.8. The molecule has 0 radical (unpaired) electrons. The van der Waals surface area contributed by atoms with Gasteiger partial charge in [-0.3, -0.25) is 0 Å². The number of carbonyl (C=O) groups is 1. The second-order valence-corrected chi connectivity index (χ2v) is 12.0. The summed E-state index contributed by atoms with van der Waals surface area (Å²) in [4.78, 5) is 24.3. The maximum absolute atomic E-state index is 12.3. The molecular weight excluding hydrogens is 532 g/mol. The van der Waals surface area contributed by atoms with Gasteiger partial charge in [0, 0.05) is 28.9 Å². The molecule has 3 N–H and O–H groups in total. The van der Waals surface area contributed by atoms with Crippen molar-refractivity contribution in [2.24, 2.45) is 0 Å². The predicted octanol–water partition coefficient (Wildman–Crippen LogP) is 5.16. The fourth-order valence-corrected chi connectivity index (χ4v) is 6.42. The number of esters is 1. The number of hydrogen-bond acceptors (Lipinski definition) is 10. The number of nitrogens with one attached hydrogen (secondary N) is 2. The van der Waals surface area contributed by atoms with Crippen LogP contribution in [0.25, 0.3) is 11.5 Å². The topological polar surface area (TPSA) is 126 Å². The summed E-state index contributed by atoms with van der Waals surface area (Å²) in [5.41, 5.74) is 3.72. The Morgan fingerprint density at radius 2 is 1.79 bits per heavy atom. The number of carbonyl (C=O) groups excluding carboxylic acids is 1. The van der Waals surface area contributed by atoms with Crippen LogP contribution >= 0.6 is 0 Å². The van der Waals surface area contributed by atoms with E-state index >= 15 is 0 Å². The van der Waals surface area contributed by atoms with Crippen LogP contribution < -0.4 is 10.6 Å². The van der Waals surface area contributed by atoms with Gasteiger partial charge in [-0.05, 0) is 76.5 Å². The van der Waals surface area contributed by atoms with Gasteiger partial charge in [0.15, 0.2) is 5.82 Å². The Hall–Kier alpha value is -4.28. The highest BCUT2D eigenvalue weighted by Crippen LogP contribution is 2.43. The van der Waals surface area contributed by atoms with Gasteiger partial charge in [-0.2, -0.15) is 4.98 Å². The van der Waals surface area contributed by atoms with E-state index < -0.39 is 5.60 Å². The quantitative estimate of drug-likeness (QED) is 0.246. The van der Waals surface area contributed by atoms with E-state index in [4.69, 9.17) is 14.2 Å². The van der Waals surface area contributed by atoms with Crippen LogP contribution in [-0.4, -0.2) is 57.3 Å². The minimum Gasteiger partial charge on any atom is -0.451 e. The molecule has 10 nitrogen and oxygen atoms in total. The van der Waals surface area contributed by atoms with Crippen LogP contribution in [0.2, 0.25) is 0 Å². The number of benzene rings is 2. The number of fused-ring (bicyclic) bond motifs is 4. The number of aliphatic hydroxyl groups is 1. The van der Waals surface area contributed by atoms with Gasteiger partial charge in [0.1, 0.15) is 11.4 Å². The first-order valence-corrected chi connectivity index (χ1v) is 14.5. The number of piperidine rings is 3. The molecule has 0 spiro atoms. The minimum absolute atomic E-state index is 0.0386. The summed E-state index contributed by atoms with van der Waals surface area (Å²) < 4.78 is 11.4. The average molecular weight is 567 g/mol. The number of cyclic esters (lactones) is 1. The van der Waals surface area contributed by atoms with Crippen LogP contribution in [0.15, 0.2) is 65.3 Å². The molecule has 8 rings (SSSR count). The molecule has 4 aliphatic rings. The van der Waals surface area contributed by atoms with Crippen molar-refractivity contribution < 1.29 is 19.2 Å². The van der Waals surface area contributed by atoms with Crippen LogP contribution in [0.1, 0.15) is 66.5 Å². The van der Waals surface area contributed by atoms with Gasteiger partial charge in [-0.15, -0.1) is 0 Å². The molecule has 2 bridgehead atoms. The molecule has 10 heteroatoms. The lowest BCUT2D eigenvalue weighted by Crippen LogP contribution is -2.51. The first-order valence-electron chi connectivity index (χ1n) is 14.5. The standard InChI is InChI=1S/C32H34N6O4/c1-31(2)24-16-21(8-9-22(24)29(40)41-31)34-27-17-25(35-26(19-39)20-6-4-3-5-7-20)23(18-33-27)28-36-30(37-42-28)32-10-13-38(14-11-32)15-12-32/h3-9,16-18,26,39H,10-15,19H2,1-2H3,(H2,33,34,35). The molecule has 216 valence electrons. The van der Waals surface area contributed by atoms with E-state index in [0.29, 0.717) is 28.5 Å². The van der Waals surface area contributed by atoms with E-state index in [2.05, 4.69) is 25.7 Å². The smallest absolute Gasteiger partial charge is 0.339 e. The first-order chi connectivity index (χ1) is 20.3. The molecule has 0 amide bonds. The molecule has 2 aromatic carbocycles. The molecule has 42 heavy (non-hydrogen) atoms. The predicted molar refractivity (Wildman–Crippen MR) is 158 cm³/mol. The molecule has 3 fully saturated rings. The van der Waals surface area contributed by atoms with Crippen molar-refractivity contribution >= 4 is 23.2 Å². The number of ether oxygens (including phenoxy) is 1. The summed E-state index contributed by atoms with van der Waals surface area (Å²) in [6.45, 7) is 6.83. The van der Waals surface area contributed by atoms with Gasteiger partial charge >= 0.3 is 5.97 Å². The van der Waals surface area contributed by atoms with Crippen molar-refractivity contribution in [1.29, 1.82) is 0 Å². The average Bonchev–Trinajstić information content (AvgIpc) is 3.60. The Bertz CT molecular complexity index is 1610. The highest BCUT2D eigenvalue weighted by atomic mass is 16.6. The van der Waals surface area contributed by atoms with Crippen molar-refractivity contribution in [2.75, 3.05) is 36.9 Å². The summed E-state index contributed by atoms with van der Waals surface area (Å²) in [6, 6.07) is 16.8. The van der Waals surface area contributed by atoms with E-state index in [1.807, 2.05) is 62.4 Å². The summed E-state index contributed by atoms with van der Waals surface area (Å²) >= 11 is 0. The molecule has 4 aromatic rings. The van der Waals surface area contributed by atoms with Gasteiger partial charge < -0.3 is 29.9 Å². The van der Waals surface area contributed by atoms with E-state index in [0.717, 1.165) is 61.5 Å². The third-order valence-electron chi connectivity index (χ3n) is 8.98. The highest BCUT2D eigenvalue weighted by molar-refractivity contribution is 5.95. The Labute approximate surface area is 244 Å². The number of aliphatic hydroxyl groups excluding tert-OH is 1. The zero-order valence-corrected chi connectivity index (χ0v) is 23.8. The lowest BCUT2D eigenvalue weighted by atomic mass is 9.71. The maximum Gasteiger partial charge on any atom is 0.339 e. The molecule has 6 heterocycles. The van der Waals surface area contributed by atoms with Crippen LogP contribution in [0, 0.1) is 0 Å². The molecule has 2 aromatic heterocycles. The molecule has 3 saturated heterocycles. The maximum atomic E-state index is 12.3. The van der Waals surface area contributed by atoms with Gasteiger partial charge in [0.05, 0.1) is 29.5 Å². The third-order valence-corrected chi connectivity index (χ3v) is 8.98. The second-order valence-electron chi connectivity index (χ2n) is 12.0. The molecule has 4 aliphatic heterocycles. The minimum atomic E-state index is -0.706. The number of anilines is 3. The fourth-order valence-electron chi connectivity index (χ4n) is 6.42.